The molecule has 0 amide bonds. The minimum atomic E-state index is -0.954. The molecular formula is C9H20O5. The van der Waals surface area contributed by atoms with Crippen LogP contribution in [-0.4, -0.2) is 47.2 Å². The summed E-state index contributed by atoms with van der Waals surface area (Å²) in [7, 11) is 0. The van der Waals surface area contributed by atoms with E-state index in [9.17, 15) is 4.79 Å². The van der Waals surface area contributed by atoms with Crippen molar-refractivity contribution in [3.05, 3.63) is 0 Å². The van der Waals surface area contributed by atoms with Crippen LogP contribution < -0.4 is 0 Å². The average Bonchev–Trinajstić information content (AvgIpc) is 2.17. The molecule has 14 heavy (non-hydrogen) atoms. The average molecular weight is 208 g/mol. The van der Waals surface area contributed by atoms with Gasteiger partial charge < -0.3 is 20.1 Å². The van der Waals surface area contributed by atoms with E-state index < -0.39 is 6.10 Å². The second-order valence-electron chi connectivity index (χ2n) is 2.71. The minimum absolute atomic E-state index is 0.182. The van der Waals surface area contributed by atoms with Crippen LogP contribution in [0, 0.1) is 0 Å². The normalized spacial score (nSPS) is 9.29. The number of aliphatic hydroxyl groups is 3. The molecule has 0 aliphatic carbocycles. The fraction of sp³-hybridized carbons (Fsp3) is 0.889. The highest BCUT2D eigenvalue weighted by Gasteiger charge is 1.93. The molecular weight excluding hydrogens is 188 g/mol. The van der Waals surface area contributed by atoms with Crippen LogP contribution in [0.25, 0.3) is 0 Å². The third-order valence-corrected chi connectivity index (χ3v) is 1.22. The number of ether oxygens (including phenoxy) is 1. The lowest BCUT2D eigenvalue weighted by Crippen LogP contribution is -2.15. The van der Waals surface area contributed by atoms with Crippen LogP contribution in [0.4, 0.5) is 0 Å². The van der Waals surface area contributed by atoms with Crippen molar-refractivity contribution in [3.8, 4) is 0 Å². The van der Waals surface area contributed by atoms with Gasteiger partial charge in [-0.3, -0.25) is 4.79 Å². The monoisotopic (exact) mass is 208 g/mol. The van der Waals surface area contributed by atoms with Crippen molar-refractivity contribution < 1.29 is 24.9 Å². The van der Waals surface area contributed by atoms with Crippen LogP contribution in [0.15, 0.2) is 0 Å². The van der Waals surface area contributed by atoms with E-state index in [2.05, 4.69) is 11.7 Å². The van der Waals surface area contributed by atoms with E-state index >= 15 is 0 Å². The van der Waals surface area contributed by atoms with E-state index in [1.165, 1.54) is 6.92 Å². The number of unbranched alkanes of at least 4 members (excludes halogenated alkanes) is 1. The van der Waals surface area contributed by atoms with E-state index in [1.54, 1.807) is 0 Å². The van der Waals surface area contributed by atoms with Crippen molar-refractivity contribution in [2.45, 2.75) is 32.8 Å². The standard InChI is InChI=1S/C6H12O2.C3H8O3/c1-3-4-5-8-6(2)7;4-1-3(6)2-5/h3-5H2,1-2H3;3-6H,1-2H2. The second kappa shape index (κ2) is 12.3. The number of hydrogen-bond acceptors (Lipinski definition) is 5. The Morgan fingerprint density at radius 1 is 1.36 bits per heavy atom. The molecule has 0 aromatic heterocycles. The summed E-state index contributed by atoms with van der Waals surface area (Å²) < 4.78 is 4.64. The Labute approximate surface area is 84.3 Å². The molecule has 0 aromatic rings. The fourth-order valence-corrected chi connectivity index (χ4v) is 0.418. The minimum Gasteiger partial charge on any atom is -0.466 e. The molecule has 0 atom stereocenters. The van der Waals surface area contributed by atoms with Crippen LogP contribution in [0.2, 0.25) is 0 Å². The highest BCUT2D eigenvalue weighted by atomic mass is 16.5. The Morgan fingerprint density at radius 2 is 1.86 bits per heavy atom. The number of carbonyl (C=O) groups excluding carboxylic acids is 1. The maximum atomic E-state index is 10.1. The molecule has 0 radical (unpaired) electrons. The van der Waals surface area contributed by atoms with E-state index in [4.69, 9.17) is 15.3 Å². The summed E-state index contributed by atoms with van der Waals surface area (Å²) in [5.41, 5.74) is 0. The van der Waals surface area contributed by atoms with Crippen LogP contribution in [0.5, 0.6) is 0 Å². The topological polar surface area (TPSA) is 87.0 Å². The van der Waals surface area contributed by atoms with Gasteiger partial charge in [-0.2, -0.15) is 0 Å². The quantitative estimate of drug-likeness (QED) is 0.426. The van der Waals surface area contributed by atoms with E-state index in [0.29, 0.717) is 6.61 Å². The molecule has 5 heteroatoms. The second-order valence-corrected chi connectivity index (χ2v) is 2.71. The summed E-state index contributed by atoms with van der Waals surface area (Å²) in [4.78, 5) is 10.1. The number of rotatable bonds is 5. The SMILES string of the molecule is CCCCOC(C)=O.OCC(O)CO. The van der Waals surface area contributed by atoms with Crippen molar-refractivity contribution in [2.24, 2.45) is 0 Å². The Balaban J connectivity index is 0. The van der Waals surface area contributed by atoms with Crippen molar-refractivity contribution in [2.75, 3.05) is 19.8 Å². The summed E-state index contributed by atoms with van der Waals surface area (Å²) in [6.45, 7) is 3.33. The molecule has 0 spiro atoms. The molecule has 0 bridgehead atoms. The molecule has 0 aromatic carbocycles. The van der Waals surface area contributed by atoms with Crippen LogP contribution in [0.3, 0.4) is 0 Å². The Hall–Kier alpha value is -0.650. The Bertz CT molecular complexity index is 122. The van der Waals surface area contributed by atoms with Crippen LogP contribution in [0.1, 0.15) is 26.7 Å². The Kier molecular flexibility index (Phi) is 13.9. The number of hydrogen-bond donors (Lipinski definition) is 3. The van der Waals surface area contributed by atoms with Gasteiger partial charge in [0, 0.05) is 6.92 Å². The maximum Gasteiger partial charge on any atom is 0.302 e. The summed E-state index contributed by atoms with van der Waals surface area (Å²) in [5.74, 6) is -0.182. The molecule has 0 fully saturated rings. The lowest BCUT2D eigenvalue weighted by molar-refractivity contribution is -0.141. The molecule has 0 aliphatic rings. The molecule has 0 saturated carbocycles. The first-order valence-corrected chi connectivity index (χ1v) is 4.61. The fourth-order valence-electron chi connectivity index (χ4n) is 0.418. The first-order valence-electron chi connectivity index (χ1n) is 4.61. The number of carbonyl (C=O) groups is 1. The largest absolute Gasteiger partial charge is 0.466 e. The maximum absolute atomic E-state index is 10.1. The highest BCUT2D eigenvalue weighted by molar-refractivity contribution is 5.65. The van der Waals surface area contributed by atoms with Crippen molar-refractivity contribution >= 4 is 5.97 Å². The summed E-state index contributed by atoms with van der Waals surface area (Å²) in [6.07, 6.45) is 1.09. The van der Waals surface area contributed by atoms with Crippen molar-refractivity contribution in [3.63, 3.8) is 0 Å². The zero-order valence-corrected chi connectivity index (χ0v) is 8.77. The molecule has 86 valence electrons. The zero-order chi connectivity index (χ0) is 11.4. The third kappa shape index (κ3) is 17.4. The summed E-state index contributed by atoms with van der Waals surface area (Å²) in [5, 5.41) is 24.0. The molecule has 0 unspecified atom stereocenters. The van der Waals surface area contributed by atoms with E-state index in [1.807, 2.05) is 0 Å². The lowest BCUT2D eigenvalue weighted by Gasteiger charge is -1.96. The van der Waals surface area contributed by atoms with Crippen LogP contribution >= 0.6 is 0 Å². The van der Waals surface area contributed by atoms with Gasteiger partial charge in [0.15, 0.2) is 0 Å². The summed E-state index contributed by atoms with van der Waals surface area (Å²) in [6, 6.07) is 0. The number of esters is 1. The molecule has 3 N–H and O–H groups in total. The molecule has 5 nitrogen and oxygen atoms in total. The highest BCUT2D eigenvalue weighted by Crippen LogP contribution is 1.86. The van der Waals surface area contributed by atoms with Gasteiger partial charge >= 0.3 is 5.97 Å². The smallest absolute Gasteiger partial charge is 0.302 e. The predicted molar refractivity (Wildman–Crippen MR) is 51.7 cm³/mol. The van der Waals surface area contributed by atoms with Gasteiger partial charge in [-0.25, -0.2) is 0 Å². The van der Waals surface area contributed by atoms with Crippen molar-refractivity contribution in [1.82, 2.24) is 0 Å². The van der Waals surface area contributed by atoms with Gasteiger partial charge in [-0.05, 0) is 6.42 Å². The van der Waals surface area contributed by atoms with Gasteiger partial charge in [0.2, 0.25) is 0 Å². The molecule has 0 heterocycles. The van der Waals surface area contributed by atoms with Gasteiger partial charge in [0.1, 0.15) is 6.10 Å². The van der Waals surface area contributed by atoms with Crippen LogP contribution in [-0.2, 0) is 9.53 Å². The van der Waals surface area contributed by atoms with Crippen molar-refractivity contribution in [1.29, 1.82) is 0 Å². The van der Waals surface area contributed by atoms with Gasteiger partial charge in [0.25, 0.3) is 0 Å². The summed E-state index contributed by atoms with van der Waals surface area (Å²) >= 11 is 0. The molecule has 0 aliphatic heterocycles. The van der Waals surface area contributed by atoms with Gasteiger partial charge in [0.05, 0.1) is 19.8 Å². The lowest BCUT2D eigenvalue weighted by atomic mass is 10.4. The van der Waals surface area contributed by atoms with E-state index in [-0.39, 0.29) is 19.2 Å². The van der Waals surface area contributed by atoms with Gasteiger partial charge in [-0.1, -0.05) is 13.3 Å². The van der Waals surface area contributed by atoms with Gasteiger partial charge in [-0.15, -0.1) is 0 Å². The Morgan fingerprint density at radius 3 is 2.07 bits per heavy atom. The third-order valence-electron chi connectivity index (χ3n) is 1.22. The first-order chi connectivity index (χ1) is 6.58. The first kappa shape index (κ1) is 15.8. The number of aliphatic hydroxyl groups excluding tert-OH is 3. The molecule has 0 rings (SSSR count). The van der Waals surface area contributed by atoms with E-state index in [0.717, 1.165) is 12.8 Å². The predicted octanol–water partition coefficient (Wildman–Crippen LogP) is -0.318. The zero-order valence-electron chi connectivity index (χ0n) is 8.77. The molecule has 0 saturated heterocycles.